The van der Waals surface area contributed by atoms with E-state index in [1.165, 1.54) is 12.1 Å². The summed E-state index contributed by atoms with van der Waals surface area (Å²) in [5, 5.41) is 2.84. The van der Waals surface area contributed by atoms with Gasteiger partial charge < -0.3 is 10.1 Å². The molecule has 2 aromatic rings. The molecule has 3 rings (SSSR count). The maximum atomic E-state index is 13.1. The van der Waals surface area contributed by atoms with Gasteiger partial charge in [-0.2, -0.15) is 0 Å². The number of benzene rings is 2. The first-order valence-corrected chi connectivity index (χ1v) is 8.65. The molecule has 1 aliphatic heterocycles. The Hall–Kier alpha value is -2.89. The third kappa shape index (κ3) is 4.02. The van der Waals surface area contributed by atoms with Crippen LogP contribution in [-0.4, -0.2) is 31.2 Å². The van der Waals surface area contributed by atoms with Crippen molar-refractivity contribution in [3.63, 3.8) is 0 Å². The van der Waals surface area contributed by atoms with Crippen LogP contribution >= 0.6 is 0 Å². The van der Waals surface area contributed by atoms with Gasteiger partial charge in [-0.25, -0.2) is 9.18 Å². The van der Waals surface area contributed by atoms with E-state index in [9.17, 15) is 14.0 Å². The smallest absolute Gasteiger partial charge is 0.414 e. The number of nitrogens with one attached hydrogen (secondary N) is 1. The molecule has 0 radical (unpaired) electrons. The molecule has 2 amide bonds. The summed E-state index contributed by atoms with van der Waals surface area (Å²) in [4.78, 5) is 26.1. The first-order valence-electron chi connectivity index (χ1n) is 8.65. The van der Waals surface area contributed by atoms with Crippen molar-refractivity contribution in [2.45, 2.75) is 25.4 Å². The number of carbonyl (C=O) groups is 2. The number of hydrogen-bond donors (Lipinski definition) is 1. The molecule has 0 spiro atoms. The predicted octanol–water partition coefficient (Wildman–Crippen LogP) is 3.46. The second kappa shape index (κ2) is 7.99. The SMILES string of the molecule is CCC(C(=O)NCC1CN(c2ccccc2)C(=O)O1)c1ccc(F)cc1. The van der Waals surface area contributed by atoms with Gasteiger partial charge in [-0.3, -0.25) is 9.69 Å². The summed E-state index contributed by atoms with van der Waals surface area (Å²) < 4.78 is 18.4. The quantitative estimate of drug-likeness (QED) is 0.862. The van der Waals surface area contributed by atoms with Crippen LogP contribution in [0.4, 0.5) is 14.9 Å². The van der Waals surface area contributed by atoms with Crippen LogP contribution in [0.25, 0.3) is 0 Å². The number of cyclic esters (lactones) is 1. The summed E-state index contributed by atoms with van der Waals surface area (Å²) in [6.07, 6.45) is -0.226. The molecule has 1 saturated heterocycles. The first-order chi connectivity index (χ1) is 12.6. The van der Waals surface area contributed by atoms with Gasteiger partial charge in [0.15, 0.2) is 0 Å². The molecule has 2 unspecified atom stereocenters. The second-order valence-electron chi connectivity index (χ2n) is 6.21. The molecule has 1 aliphatic rings. The molecule has 0 saturated carbocycles. The Labute approximate surface area is 151 Å². The monoisotopic (exact) mass is 356 g/mol. The van der Waals surface area contributed by atoms with E-state index in [1.807, 2.05) is 37.3 Å². The number of nitrogens with zero attached hydrogens (tertiary/aromatic N) is 1. The summed E-state index contributed by atoms with van der Waals surface area (Å²) >= 11 is 0. The minimum absolute atomic E-state index is 0.159. The minimum Gasteiger partial charge on any atom is -0.442 e. The average molecular weight is 356 g/mol. The molecule has 1 fully saturated rings. The van der Waals surface area contributed by atoms with E-state index in [4.69, 9.17) is 4.74 Å². The number of amides is 2. The van der Waals surface area contributed by atoms with Crippen molar-refractivity contribution in [3.8, 4) is 0 Å². The lowest BCUT2D eigenvalue weighted by atomic mass is 9.95. The van der Waals surface area contributed by atoms with Gasteiger partial charge in [0.2, 0.25) is 5.91 Å². The second-order valence-corrected chi connectivity index (χ2v) is 6.21. The number of hydrogen-bond acceptors (Lipinski definition) is 3. The Bertz CT molecular complexity index is 764. The van der Waals surface area contributed by atoms with Crippen molar-refractivity contribution < 1.29 is 18.7 Å². The number of para-hydroxylation sites is 1. The van der Waals surface area contributed by atoms with Crippen molar-refractivity contribution in [1.29, 1.82) is 0 Å². The van der Waals surface area contributed by atoms with Crippen LogP contribution in [0.2, 0.25) is 0 Å². The molecule has 5 nitrogen and oxygen atoms in total. The van der Waals surface area contributed by atoms with Crippen LogP contribution in [0.3, 0.4) is 0 Å². The van der Waals surface area contributed by atoms with Gasteiger partial charge in [-0.05, 0) is 36.2 Å². The highest BCUT2D eigenvalue weighted by molar-refractivity contribution is 5.90. The lowest BCUT2D eigenvalue weighted by Gasteiger charge is -2.17. The fourth-order valence-corrected chi connectivity index (χ4v) is 3.05. The van der Waals surface area contributed by atoms with E-state index in [0.29, 0.717) is 13.0 Å². The van der Waals surface area contributed by atoms with Gasteiger partial charge in [0.05, 0.1) is 19.0 Å². The maximum absolute atomic E-state index is 13.1. The third-order valence-electron chi connectivity index (χ3n) is 4.44. The van der Waals surface area contributed by atoms with E-state index in [2.05, 4.69) is 5.32 Å². The van der Waals surface area contributed by atoms with Gasteiger partial charge in [0, 0.05) is 5.69 Å². The zero-order valence-corrected chi connectivity index (χ0v) is 14.5. The molecule has 0 bridgehead atoms. The maximum Gasteiger partial charge on any atom is 0.414 e. The number of halogens is 1. The van der Waals surface area contributed by atoms with Crippen molar-refractivity contribution in [1.82, 2.24) is 5.32 Å². The Balaban J connectivity index is 1.57. The largest absolute Gasteiger partial charge is 0.442 e. The van der Waals surface area contributed by atoms with E-state index >= 15 is 0 Å². The highest BCUT2D eigenvalue weighted by Crippen LogP contribution is 2.22. The van der Waals surface area contributed by atoms with Crippen LogP contribution in [0.15, 0.2) is 54.6 Å². The minimum atomic E-state index is -0.416. The van der Waals surface area contributed by atoms with Gasteiger partial charge in [-0.1, -0.05) is 37.3 Å². The van der Waals surface area contributed by atoms with Crippen LogP contribution in [0, 0.1) is 5.82 Å². The van der Waals surface area contributed by atoms with Gasteiger partial charge in [-0.15, -0.1) is 0 Å². The molecule has 136 valence electrons. The van der Waals surface area contributed by atoms with Gasteiger partial charge in [0.25, 0.3) is 0 Å². The topological polar surface area (TPSA) is 58.6 Å². The predicted molar refractivity (Wildman–Crippen MR) is 96.5 cm³/mol. The van der Waals surface area contributed by atoms with Gasteiger partial charge in [0.1, 0.15) is 11.9 Å². The molecule has 1 heterocycles. The number of carbonyl (C=O) groups excluding carboxylic acids is 2. The number of anilines is 1. The molecule has 1 N–H and O–H groups in total. The third-order valence-corrected chi connectivity index (χ3v) is 4.44. The zero-order valence-electron chi connectivity index (χ0n) is 14.5. The summed E-state index contributed by atoms with van der Waals surface area (Å²) in [6, 6.07) is 15.2. The normalized spacial score (nSPS) is 17.7. The highest BCUT2D eigenvalue weighted by atomic mass is 19.1. The molecular weight excluding hydrogens is 335 g/mol. The molecule has 6 heteroatoms. The molecule has 26 heavy (non-hydrogen) atoms. The Morgan fingerprint density at radius 2 is 1.92 bits per heavy atom. The number of ether oxygens (including phenoxy) is 1. The first kappa shape index (κ1) is 17.9. The fraction of sp³-hybridized carbons (Fsp3) is 0.300. The standard InChI is InChI=1S/C20H21FN2O3/c1-2-18(14-8-10-15(21)11-9-14)19(24)22-12-17-13-23(20(25)26-17)16-6-4-3-5-7-16/h3-11,17-18H,2,12-13H2,1H3,(H,22,24). The Morgan fingerprint density at radius 1 is 1.23 bits per heavy atom. The summed E-state index contributed by atoms with van der Waals surface area (Å²) in [5.41, 5.74) is 1.53. The number of rotatable bonds is 6. The molecule has 2 aromatic carbocycles. The zero-order chi connectivity index (χ0) is 18.5. The van der Waals surface area contributed by atoms with Gasteiger partial charge >= 0.3 is 6.09 Å². The van der Waals surface area contributed by atoms with E-state index in [-0.39, 0.29) is 24.2 Å². The van der Waals surface area contributed by atoms with Crippen LogP contribution in [-0.2, 0) is 9.53 Å². The van der Waals surface area contributed by atoms with Crippen LogP contribution < -0.4 is 10.2 Å². The van der Waals surface area contributed by atoms with Crippen molar-refractivity contribution >= 4 is 17.7 Å². The van der Waals surface area contributed by atoms with Crippen LogP contribution in [0.1, 0.15) is 24.8 Å². The van der Waals surface area contributed by atoms with Crippen LogP contribution in [0.5, 0.6) is 0 Å². The fourth-order valence-electron chi connectivity index (χ4n) is 3.05. The van der Waals surface area contributed by atoms with E-state index < -0.39 is 12.2 Å². The average Bonchev–Trinajstić information content (AvgIpc) is 3.03. The van der Waals surface area contributed by atoms with Crippen molar-refractivity contribution in [2.24, 2.45) is 0 Å². The van der Waals surface area contributed by atoms with Crippen molar-refractivity contribution in [2.75, 3.05) is 18.0 Å². The lowest BCUT2D eigenvalue weighted by Crippen LogP contribution is -2.37. The highest BCUT2D eigenvalue weighted by Gasteiger charge is 2.32. The van der Waals surface area contributed by atoms with Crippen molar-refractivity contribution in [3.05, 3.63) is 66.0 Å². The lowest BCUT2D eigenvalue weighted by molar-refractivity contribution is -0.123. The molecule has 0 aliphatic carbocycles. The molecule has 0 aromatic heterocycles. The molecule has 2 atom stereocenters. The summed E-state index contributed by atoms with van der Waals surface area (Å²) in [5.74, 6) is -0.853. The Morgan fingerprint density at radius 3 is 2.58 bits per heavy atom. The van der Waals surface area contributed by atoms with E-state index in [1.54, 1.807) is 17.0 Å². The van der Waals surface area contributed by atoms with E-state index in [0.717, 1.165) is 11.3 Å². The summed E-state index contributed by atoms with van der Waals surface area (Å²) in [7, 11) is 0. The molecular formula is C20H21FN2O3. The summed E-state index contributed by atoms with van der Waals surface area (Å²) in [6.45, 7) is 2.53. The Kier molecular flexibility index (Phi) is 5.51.